The summed E-state index contributed by atoms with van der Waals surface area (Å²) in [6.45, 7) is 1.62. The van der Waals surface area contributed by atoms with Crippen molar-refractivity contribution in [3.05, 3.63) is 30.4 Å². The van der Waals surface area contributed by atoms with E-state index in [1.54, 1.807) is 16.8 Å². The Bertz CT molecular complexity index is 514. The highest BCUT2D eigenvalue weighted by atomic mass is 32.2. The predicted octanol–water partition coefficient (Wildman–Crippen LogP) is 0.918. The molecule has 1 fully saturated rings. The van der Waals surface area contributed by atoms with Crippen molar-refractivity contribution in [2.24, 2.45) is 0 Å². The molecule has 88 valence electrons. The van der Waals surface area contributed by atoms with Crippen molar-refractivity contribution in [3.8, 4) is 0 Å². The molecule has 0 aliphatic carbocycles. The molecule has 0 N–H and O–H groups in total. The van der Waals surface area contributed by atoms with Crippen molar-refractivity contribution in [1.82, 2.24) is 19.3 Å². The topological polar surface area (TPSA) is 50.5 Å². The molecule has 17 heavy (non-hydrogen) atoms. The fourth-order valence-corrected chi connectivity index (χ4v) is 2.76. The molecule has 3 heterocycles. The zero-order valence-corrected chi connectivity index (χ0v) is 10.1. The number of hydrogen-bond acceptors (Lipinski definition) is 4. The summed E-state index contributed by atoms with van der Waals surface area (Å²) in [7, 11) is 0. The standard InChI is InChI=1S/C11H12N4OS/c16-10(14-4-6-17-7-5-14)9-8-15-3-1-2-12-11(15)13-9/h1-3,8H,4-7H2. The first-order valence-corrected chi connectivity index (χ1v) is 6.67. The number of imidazole rings is 1. The van der Waals surface area contributed by atoms with Crippen molar-refractivity contribution in [2.45, 2.75) is 0 Å². The monoisotopic (exact) mass is 248 g/mol. The van der Waals surface area contributed by atoms with E-state index in [1.165, 1.54) is 0 Å². The Morgan fingerprint density at radius 1 is 1.35 bits per heavy atom. The van der Waals surface area contributed by atoms with Crippen molar-refractivity contribution in [1.29, 1.82) is 0 Å². The molecule has 3 rings (SSSR count). The Balaban J connectivity index is 1.89. The van der Waals surface area contributed by atoms with Gasteiger partial charge < -0.3 is 4.90 Å². The summed E-state index contributed by atoms with van der Waals surface area (Å²) in [6, 6.07) is 1.82. The largest absolute Gasteiger partial charge is 0.336 e. The first-order valence-electron chi connectivity index (χ1n) is 5.51. The van der Waals surface area contributed by atoms with Crippen LogP contribution in [0.2, 0.25) is 0 Å². The molecule has 0 radical (unpaired) electrons. The number of carbonyl (C=O) groups is 1. The lowest BCUT2D eigenvalue weighted by Crippen LogP contribution is -2.38. The van der Waals surface area contributed by atoms with Gasteiger partial charge in [-0.25, -0.2) is 9.97 Å². The lowest BCUT2D eigenvalue weighted by molar-refractivity contribution is 0.0767. The number of aromatic nitrogens is 3. The Labute approximate surface area is 103 Å². The Hall–Kier alpha value is -1.56. The van der Waals surface area contributed by atoms with Gasteiger partial charge in [-0.05, 0) is 6.07 Å². The molecule has 0 spiro atoms. The molecule has 1 aliphatic heterocycles. The molecule has 0 atom stereocenters. The third-order valence-electron chi connectivity index (χ3n) is 2.75. The molecule has 1 aliphatic rings. The van der Waals surface area contributed by atoms with Gasteiger partial charge in [-0.3, -0.25) is 9.20 Å². The zero-order valence-electron chi connectivity index (χ0n) is 9.24. The normalized spacial score (nSPS) is 16.4. The summed E-state index contributed by atoms with van der Waals surface area (Å²) < 4.78 is 1.77. The number of rotatable bonds is 1. The first kappa shape index (κ1) is 10.6. The van der Waals surface area contributed by atoms with Crippen molar-refractivity contribution in [2.75, 3.05) is 24.6 Å². The van der Waals surface area contributed by atoms with E-state index in [-0.39, 0.29) is 5.91 Å². The summed E-state index contributed by atoms with van der Waals surface area (Å²) >= 11 is 1.88. The highest BCUT2D eigenvalue weighted by molar-refractivity contribution is 7.99. The van der Waals surface area contributed by atoms with Gasteiger partial charge in [0.1, 0.15) is 5.69 Å². The van der Waals surface area contributed by atoms with Gasteiger partial charge in [-0.15, -0.1) is 0 Å². The third-order valence-corrected chi connectivity index (χ3v) is 3.70. The van der Waals surface area contributed by atoms with Gasteiger partial charge in [0, 0.05) is 43.2 Å². The second-order valence-corrected chi connectivity index (χ2v) is 5.08. The van der Waals surface area contributed by atoms with Crippen LogP contribution < -0.4 is 0 Å². The molecule has 0 aromatic carbocycles. The summed E-state index contributed by atoms with van der Waals surface area (Å²) in [4.78, 5) is 22.4. The summed E-state index contributed by atoms with van der Waals surface area (Å²) in [6.07, 6.45) is 5.26. The minimum Gasteiger partial charge on any atom is -0.336 e. The van der Waals surface area contributed by atoms with Crippen molar-refractivity contribution in [3.63, 3.8) is 0 Å². The van der Waals surface area contributed by atoms with E-state index in [4.69, 9.17) is 0 Å². The van der Waals surface area contributed by atoms with Crippen LogP contribution in [-0.2, 0) is 0 Å². The first-order chi connectivity index (χ1) is 8.34. The number of thioether (sulfide) groups is 1. The number of nitrogens with zero attached hydrogens (tertiary/aromatic N) is 4. The molecule has 0 bridgehead atoms. The van der Waals surface area contributed by atoms with Gasteiger partial charge in [0.2, 0.25) is 5.78 Å². The fraction of sp³-hybridized carbons (Fsp3) is 0.364. The van der Waals surface area contributed by atoms with Crippen molar-refractivity contribution < 1.29 is 4.79 Å². The van der Waals surface area contributed by atoms with Gasteiger partial charge in [0.05, 0.1) is 0 Å². The minimum atomic E-state index is 0.0100. The molecular weight excluding hydrogens is 236 g/mol. The van der Waals surface area contributed by atoms with Gasteiger partial charge in [-0.2, -0.15) is 11.8 Å². The lowest BCUT2D eigenvalue weighted by Gasteiger charge is -2.25. The van der Waals surface area contributed by atoms with Crippen LogP contribution in [0.4, 0.5) is 0 Å². The van der Waals surface area contributed by atoms with E-state index in [2.05, 4.69) is 9.97 Å². The average Bonchev–Trinajstić information content (AvgIpc) is 2.82. The maximum absolute atomic E-state index is 12.2. The summed E-state index contributed by atoms with van der Waals surface area (Å²) in [5.41, 5.74) is 0.482. The quantitative estimate of drug-likeness (QED) is 0.753. The SMILES string of the molecule is O=C(c1cn2cccnc2n1)N1CCSCC1. The van der Waals surface area contributed by atoms with E-state index in [9.17, 15) is 4.79 Å². The van der Waals surface area contributed by atoms with Crippen LogP contribution in [0.1, 0.15) is 10.5 Å². The summed E-state index contributed by atoms with van der Waals surface area (Å²) in [5, 5.41) is 0. The molecule has 5 nitrogen and oxygen atoms in total. The minimum absolute atomic E-state index is 0.0100. The lowest BCUT2D eigenvalue weighted by atomic mass is 10.4. The van der Waals surface area contributed by atoms with Gasteiger partial charge in [0.25, 0.3) is 5.91 Å². The van der Waals surface area contributed by atoms with E-state index in [0.717, 1.165) is 24.6 Å². The molecule has 6 heteroatoms. The number of hydrogen-bond donors (Lipinski definition) is 0. The van der Waals surface area contributed by atoms with Crippen LogP contribution in [-0.4, -0.2) is 49.8 Å². The highest BCUT2D eigenvalue weighted by Gasteiger charge is 2.20. The van der Waals surface area contributed by atoms with Crippen LogP contribution in [0.25, 0.3) is 5.78 Å². The van der Waals surface area contributed by atoms with Gasteiger partial charge >= 0.3 is 0 Å². The Morgan fingerprint density at radius 3 is 2.94 bits per heavy atom. The smallest absolute Gasteiger partial charge is 0.274 e. The fourth-order valence-electron chi connectivity index (χ4n) is 1.86. The van der Waals surface area contributed by atoms with Crippen LogP contribution in [0.15, 0.2) is 24.7 Å². The molecular formula is C11H12N4OS. The number of amides is 1. The van der Waals surface area contributed by atoms with E-state index in [0.29, 0.717) is 11.5 Å². The molecule has 2 aromatic rings. The second-order valence-electron chi connectivity index (χ2n) is 3.86. The van der Waals surface area contributed by atoms with Crippen LogP contribution >= 0.6 is 11.8 Å². The van der Waals surface area contributed by atoms with Crippen LogP contribution in [0.3, 0.4) is 0 Å². The third kappa shape index (κ3) is 2.00. The van der Waals surface area contributed by atoms with Crippen LogP contribution in [0.5, 0.6) is 0 Å². The Kier molecular flexibility index (Phi) is 2.72. The van der Waals surface area contributed by atoms with E-state index >= 15 is 0 Å². The zero-order chi connectivity index (χ0) is 11.7. The van der Waals surface area contributed by atoms with E-state index < -0.39 is 0 Å². The second kappa shape index (κ2) is 4.37. The van der Waals surface area contributed by atoms with Gasteiger partial charge in [-0.1, -0.05) is 0 Å². The van der Waals surface area contributed by atoms with Gasteiger partial charge in [0.15, 0.2) is 0 Å². The average molecular weight is 248 g/mol. The molecule has 0 saturated carbocycles. The molecule has 1 amide bonds. The highest BCUT2D eigenvalue weighted by Crippen LogP contribution is 2.12. The van der Waals surface area contributed by atoms with E-state index in [1.807, 2.05) is 28.9 Å². The molecule has 2 aromatic heterocycles. The predicted molar refractivity (Wildman–Crippen MR) is 66.2 cm³/mol. The maximum Gasteiger partial charge on any atom is 0.274 e. The maximum atomic E-state index is 12.2. The van der Waals surface area contributed by atoms with Crippen molar-refractivity contribution >= 4 is 23.4 Å². The summed E-state index contributed by atoms with van der Waals surface area (Å²) in [5.74, 6) is 2.60. The number of fused-ring (bicyclic) bond motifs is 1. The Morgan fingerprint density at radius 2 is 2.18 bits per heavy atom. The molecule has 0 unspecified atom stereocenters. The molecule has 1 saturated heterocycles. The number of carbonyl (C=O) groups excluding carboxylic acids is 1. The van der Waals surface area contributed by atoms with Crippen LogP contribution in [0, 0.1) is 0 Å².